The molecular formula is C16H22FN3. The molecule has 2 heterocycles. The molecular weight excluding hydrogens is 253 g/mol. The molecule has 1 aromatic rings. The Bertz CT molecular complexity index is 506. The van der Waals surface area contributed by atoms with E-state index in [9.17, 15) is 4.39 Å². The number of fused-ring (bicyclic) bond motifs is 1. The molecule has 0 spiro atoms. The maximum absolute atomic E-state index is 13.3. The van der Waals surface area contributed by atoms with Crippen molar-refractivity contribution < 1.29 is 4.39 Å². The lowest BCUT2D eigenvalue weighted by atomic mass is 10.0. The molecule has 0 radical (unpaired) electrons. The Hall–Kier alpha value is -1.42. The molecule has 3 rings (SSSR count). The lowest BCUT2D eigenvalue weighted by Gasteiger charge is -2.37. The molecule has 1 saturated heterocycles. The number of amidine groups is 1. The third-order valence-corrected chi connectivity index (χ3v) is 4.49. The predicted octanol–water partition coefficient (Wildman–Crippen LogP) is 2.84. The maximum Gasteiger partial charge on any atom is 0.129 e. The van der Waals surface area contributed by atoms with Crippen molar-refractivity contribution in [3.05, 3.63) is 35.1 Å². The maximum atomic E-state index is 13.3. The highest BCUT2D eigenvalue weighted by Crippen LogP contribution is 2.28. The first kappa shape index (κ1) is 13.6. The molecule has 2 aliphatic heterocycles. The summed E-state index contributed by atoms with van der Waals surface area (Å²) in [4.78, 5) is 4.66. The van der Waals surface area contributed by atoms with Gasteiger partial charge in [-0.2, -0.15) is 0 Å². The number of halogens is 1. The number of rotatable bonds is 3. The minimum atomic E-state index is -0.242. The van der Waals surface area contributed by atoms with Gasteiger partial charge in [0.25, 0.3) is 0 Å². The summed E-state index contributed by atoms with van der Waals surface area (Å²) < 4.78 is 13.3. The van der Waals surface area contributed by atoms with Gasteiger partial charge in [0.05, 0.1) is 0 Å². The molecule has 0 aromatic heterocycles. The summed E-state index contributed by atoms with van der Waals surface area (Å²) in [5, 5.41) is 8.30. The van der Waals surface area contributed by atoms with E-state index in [-0.39, 0.29) is 5.82 Å². The van der Waals surface area contributed by atoms with Crippen molar-refractivity contribution in [1.29, 1.82) is 5.41 Å². The second-order valence-corrected chi connectivity index (χ2v) is 5.85. The van der Waals surface area contributed by atoms with E-state index in [0.29, 0.717) is 11.9 Å². The van der Waals surface area contributed by atoms with Crippen LogP contribution in [-0.4, -0.2) is 41.3 Å². The largest absolute Gasteiger partial charge is 0.349 e. The molecule has 0 amide bonds. The molecule has 3 nitrogen and oxygen atoms in total. The van der Waals surface area contributed by atoms with Crippen molar-refractivity contribution in [3.8, 4) is 0 Å². The summed E-state index contributed by atoms with van der Waals surface area (Å²) in [6.45, 7) is 6.40. The Morgan fingerprint density at radius 1 is 1.30 bits per heavy atom. The van der Waals surface area contributed by atoms with Crippen LogP contribution >= 0.6 is 0 Å². The molecule has 0 saturated carbocycles. The number of benzene rings is 1. The molecule has 1 aromatic carbocycles. The first-order valence-electron chi connectivity index (χ1n) is 7.55. The third-order valence-electron chi connectivity index (χ3n) is 4.49. The summed E-state index contributed by atoms with van der Waals surface area (Å²) in [6.07, 6.45) is 3.42. The molecule has 108 valence electrons. The second-order valence-electron chi connectivity index (χ2n) is 5.85. The van der Waals surface area contributed by atoms with Gasteiger partial charge in [0.15, 0.2) is 0 Å². The topological polar surface area (TPSA) is 30.3 Å². The summed E-state index contributed by atoms with van der Waals surface area (Å²) >= 11 is 0. The highest BCUT2D eigenvalue weighted by Gasteiger charge is 2.32. The van der Waals surface area contributed by atoms with Crippen molar-refractivity contribution in [2.24, 2.45) is 0 Å². The average Bonchev–Trinajstić information content (AvgIpc) is 2.77. The minimum Gasteiger partial charge on any atom is -0.349 e. The lowest BCUT2D eigenvalue weighted by Crippen LogP contribution is -2.45. The van der Waals surface area contributed by atoms with Gasteiger partial charge in [0, 0.05) is 31.2 Å². The molecule has 1 N–H and O–H groups in total. The van der Waals surface area contributed by atoms with Crippen LogP contribution in [0.2, 0.25) is 0 Å². The Kier molecular flexibility index (Phi) is 3.74. The van der Waals surface area contributed by atoms with Crippen LogP contribution < -0.4 is 0 Å². The Balaban J connectivity index is 1.68. The third kappa shape index (κ3) is 2.44. The van der Waals surface area contributed by atoms with Crippen LogP contribution in [0.5, 0.6) is 0 Å². The molecule has 4 heteroatoms. The SMILES string of the molecule is CCCN1CCC(N2Cc3ccc(F)cc3C2=N)CC1. The number of nitrogens with one attached hydrogen (secondary N) is 1. The van der Waals surface area contributed by atoms with Gasteiger partial charge in [-0.1, -0.05) is 13.0 Å². The van der Waals surface area contributed by atoms with E-state index in [1.54, 1.807) is 0 Å². The number of hydrogen-bond donors (Lipinski definition) is 1. The van der Waals surface area contributed by atoms with Crippen LogP contribution in [0.3, 0.4) is 0 Å². The van der Waals surface area contributed by atoms with Crippen LogP contribution in [-0.2, 0) is 6.54 Å². The van der Waals surface area contributed by atoms with E-state index >= 15 is 0 Å². The van der Waals surface area contributed by atoms with E-state index in [4.69, 9.17) is 5.41 Å². The van der Waals surface area contributed by atoms with Crippen LogP contribution in [0.4, 0.5) is 4.39 Å². The van der Waals surface area contributed by atoms with Gasteiger partial charge in [-0.25, -0.2) is 4.39 Å². The van der Waals surface area contributed by atoms with E-state index in [0.717, 1.165) is 43.6 Å². The molecule has 0 unspecified atom stereocenters. The van der Waals surface area contributed by atoms with Gasteiger partial charge in [0.2, 0.25) is 0 Å². The van der Waals surface area contributed by atoms with Crippen LogP contribution in [0.25, 0.3) is 0 Å². The molecule has 20 heavy (non-hydrogen) atoms. The summed E-state index contributed by atoms with van der Waals surface area (Å²) in [5.41, 5.74) is 1.87. The monoisotopic (exact) mass is 275 g/mol. The highest BCUT2D eigenvalue weighted by atomic mass is 19.1. The molecule has 0 atom stereocenters. The predicted molar refractivity (Wildman–Crippen MR) is 78.5 cm³/mol. The van der Waals surface area contributed by atoms with Gasteiger partial charge >= 0.3 is 0 Å². The van der Waals surface area contributed by atoms with Gasteiger partial charge in [-0.3, -0.25) is 5.41 Å². The zero-order valence-corrected chi connectivity index (χ0v) is 12.0. The van der Waals surface area contributed by atoms with Crippen LogP contribution in [0.1, 0.15) is 37.3 Å². The fourth-order valence-electron chi connectivity index (χ4n) is 3.41. The van der Waals surface area contributed by atoms with Gasteiger partial charge in [-0.15, -0.1) is 0 Å². The zero-order chi connectivity index (χ0) is 14.1. The first-order chi connectivity index (χ1) is 9.69. The molecule has 2 aliphatic rings. The Morgan fingerprint density at radius 3 is 2.75 bits per heavy atom. The van der Waals surface area contributed by atoms with Gasteiger partial charge in [-0.05, 0) is 43.5 Å². The Morgan fingerprint density at radius 2 is 2.05 bits per heavy atom. The number of piperidine rings is 1. The standard InChI is InChI=1S/C16H22FN3/c1-2-7-19-8-5-14(6-9-19)20-11-12-3-4-13(17)10-15(12)16(20)18/h3-4,10,14,18H,2,5-9,11H2,1H3. The van der Waals surface area contributed by atoms with Crippen molar-refractivity contribution in [1.82, 2.24) is 9.80 Å². The van der Waals surface area contributed by atoms with E-state index in [1.165, 1.54) is 25.1 Å². The minimum absolute atomic E-state index is 0.242. The summed E-state index contributed by atoms with van der Waals surface area (Å²) in [7, 11) is 0. The second kappa shape index (κ2) is 5.52. The Labute approximate surface area is 119 Å². The zero-order valence-electron chi connectivity index (χ0n) is 12.0. The lowest BCUT2D eigenvalue weighted by molar-refractivity contribution is 0.153. The van der Waals surface area contributed by atoms with Crippen molar-refractivity contribution >= 4 is 5.84 Å². The first-order valence-corrected chi connectivity index (χ1v) is 7.55. The molecule has 1 fully saturated rings. The highest BCUT2D eigenvalue weighted by molar-refractivity contribution is 6.00. The van der Waals surface area contributed by atoms with Crippen molar-refractivity contribution in [3.63, 3.8) is 0 Å². The van der Waals surface area contributed by atoms with Gasteiger partial charge < -0.3 is 9.80 Å². The number of likely N-dealkylation sites (tertiary alicyclic amines) is 1. The number of hydrogen-bond acceptors (Lipinski definition) is 2. The normalized spacial score (nSPS) is 20.5. The van der Waals surface area contributed by atoms with E-state index in [2.05, 4.69) is 16.7 Å². The fourth-order valence-corrected chi connectivity index (χ4v) is 3.41. The number of nitrogens with zero attached hydrogens (tertiary/aromatic N) is 2. The van der Waals surface area contributed by atoms with E-state index in [1.807, 2.05) is 6.07 Å². The van der Waals surface area contributed by atoms with Gasteiger partial charge in [0.1, 0.15) is 11.7 Å². The van der Waals surface area contributed by atoms with Crippen molar-refractivity contribution in [2.75, 3.05) is 19.6 Å². The molecule has 0 aliphatic carbocycles. The van der Waals surface area contributed by atoms with Crippen LogP contribution in [0, 0.1) is 11.2 Å². The summed E-state index contributed by atoms with van der Waals surface area (Å²) in [6, 6.07) is 5.26. The van der Waals surface area contributed by atoms with Crippen molar-refractivity contribution in [2.45, 2.75) is 38.8 Å². The molecule has 0 bridgehead atoms. The van der Waals surface area contributed by atoms with E-state index < -0.39 is 0 Å². The fraction of sp³-hybridized carbons (Fsp3) is 0.562. The van der Waals surface area contributed by atoms with Crippen LogP contribution in [0.15, 0.2) is 18.2 Å². The quantitative estimate of drug-likeness (QED) is 0.919. The smallest absolute Gasteiger partial charge is 0.129 e. The summed E-state index contributed by atoms with van der Waals surface area (Å²) in [5.74, 6) is 0.265. The average molecular weight is 275 g/mol.